The number of ether oxygens (including phenoxy) is 1. The lowest BCUT2D eigenvalue weighted by Crippen LogP contribution is -2.48. The molecule has 1 saturated heterocycles. The second-order valence-electron chi connectivity index (χ2n) is 6.92. The van der Waals surface area contributed by atoms with Gasteiger partial charge in [-0.1, -0.05) is 6.42 Å². The number of nitrogens with zero attached hydrogens (tertiary/aromatic N) is 2. The van der Waals surface area contributed by atoms with Crippen molar-refractivity contribution >= 4 is 9.84 Å². The van der Waals surface area contributed by atoms with Gasteiger partial charge >= 0.3 is 0 Å². The molecule has 7 heteroatoms. The Kier molecular flexibility index (Phi) is 5.08. The van der Waals surface area contributed by atoms with Crippen molar-refractivity contribution in [2.24, 2.45) is 7.05 Å². The van der Waals surface area contributed by atoms with Crippen molar-refractivity contribution in [2.45, 2.75) is 62.0 Å². The van der Waals surface area contributed by atoms with E-state index < -0.39 is 9.84 Å². The summed E-state index contributed by atoms with van der Waals surface area (Å²) in [7, 11) is -0.967. The minimum absolute atomic E-state index is 0.0534. The molecule has 0 bridgehead atoms. The van der Waals surface area contributed by atoms with Crippen molar-refractivity contribution in [3.8, 4) is 0 Å². The molecule has 1 aliphatic carbocycles. The van der Waals surface area contributed by atoms with Crippen molar-refractivity contribution in [2.75, 3.05) is 12.9 Å². The summed E-state index contributed by atoms with van der Waals surface area (Å²) in [6.45, 7) is 0.756. The van der Waals surface area contributed by atoms with E-state index in [9.17, 15) is 8.42 Å². The van der Waals surface area contributed by atoms with E-state index in [0.29, 0.717) is 6.42 Å². The van der Waals surface area contributed by atoms with Gasteiger partial charge in [0.1, 0.15) is 21.8 Å². The molecule has 1 aliphatic heterocycles. The number of nitrogens with one attached hydrogen (secondary N) is 1. The van der Waals surface area contributed by atoms with E-state index >= 15 is 0 Å². The lowest BCUT2D eigenvalue weighted by atomic mass is 9.92. The second-order valence-corrected chi connectivity index (χ2v) is 9.24. The molecule has 1 aromatic rings. The lowest BCUT2D eigenvalue weighted by molar-refractivity contribution is -0.0215. The first-order chi connectivity index (χ1) is 10.9. The number of hydrogen-bond acceptors (Lipinski definition) is 5. The molecule has 4 atom stereocenters. The smallest absolute Gasteiger partial charge is 0.150 e. The van der Waals surface area contributed by atoms with Gasteiger partial charge in [0.05, 0.1) is 5.25 Å². The molecule has 2 heterocycles. The zero-order valence-electron chi connectivity index (χ0n) is 13.9. The number of rotatable bonds is 4. The third kappa shape index (κ3) is 3.95. The second kappa shape index (κ2) is 6.91. The van der Waals surface area contributed by atoms with Crippen LogP contribution in [0, 0.1) is 0 Å². The molecule has 0 aromatic carbocycles. The fraction of sp³-hybridized carbons (Fsp3) is 0.812. The van der Waals surface area contributed by atoms with Crippen molar-refractivity contribution in [1.82, 2.24) is 14.9 Å². The zero-order chi connectivity index (χ0) is 16.4. The molecule has 1 saturated carbocycles. The fourth-order valence-electron chi connectivity index (χ4n) is 3.85. The minimum Gasteiger partial charge on any atom is -0.369 e. The maximum Gasteiger partial charge on any atom is 0.150 e. The molecule has 1 N–H and O–H groups in total. The van der Waals surface area contributed by atoms with E-state index in [2.05, 4.69) is 10.3 Å². The van der Waals surface area contributed by atoms with Crippen LogP contribution in [0.5, 0.6) is 0 Å². The van der Waals surface area contributed by atoms with Crippen molar-refractivity contribution in [3.05, 3.63) is 18.2 Å². The van der Waals surface area contributed by atoms with E-state index in [-0.39, 0.29) is 23.4 Å². The molecule has 0 unspecified atom stereocenters. The predicted molar refractivity (Wildman–Crippen MR) is 88.9 cm³/mol. The first-order valence-electron chi connectivity index (χ1n) is 8.49. The summed E-state index contributed by atoms with van der Waals surface area (Å²) in [5.74, 6) is 0.942. The van der Waals surface area contributed by atoms with E-state index in [0.717, 1.165) is 44.5 Å². The normalized spacial score (nSPS) is 32.8. The SMILES string of the molecule is Cn1ccnc1[C@H]1OCCC[C@@H]1N[C@H]1CCC[C@H](S(C)(=O)=O)C1. The summed E-state index contributed by atoms with van der Waals surface area (Å²) in [6.07, 6.45) is 10.6. The standard InChI is InChI=1S/C16H27N3O3S/c1-19-9-8-17-16(19)15-14(7-4-10-22-15)18-12-5-3-6-13(11-12)23(2,20)21/h8-9,12-15,18H,3-7,10-11H2,1-2H3/t12-,13-,14-,15-/m0/s1. The Labute approximate surface area is 138 Å². The summed E-state index contributed by atoms with van der Waals surface area (Å²) in [6, 6.07) is 0.450. The Hall–Kier alpha value is -0.920. The molecule has 0 spiro atoms. The number of aromatic nitrogens is 2. The van der Waals surface area contributed by atoms with Crippen molar-refractivity contribution < 1.29 is 13.2 Å². The Morgan fingerprint density at radius 3 is 2.83 bits per heavy atom. The van der Waals surface area contributed by atoms with Gasteiger partial charge in [0.25, 0.3) is 0 Å². The Morgan fingerprint density at radius 1 is 1.30 bits per heavy atom. The molecule has 2 fully saturated rings. The van der Waals surface area contributed by atoms with Crippen LogP contribution in [-0.2, 0) is 21.6 Å². The maximum absolute atomic E-state index is 11.9. The average Bonchev–Trinajstić information content (AvgIpc) is 2.93. The average molecular weight is 341 g/mol. The summed E-state index contributed by atoms with van der Waals surface area (Å²) >= 11 is 0. The van der Waals surface area contributed by atoms with E-state index in [1.165, 1.54) is 6.26 Å². The van der Waals surface area contributed by atoms with Crippen LogP contribution >= 0.6 is 0 Å². The highest BCUT2D eigenvalue weighted by atomic mass is 32.2. The largest absolute Gasteiger partial charge is 0.369 e. The summed E-state index contributed by atoms with van der Waals surface area (Å²) in [4.78, 5) is 4.44. The summed E-state index contributed by atoms with van der Waals surface area (Å²) in [5.41, 5.74) is 0. The van der Waals surface area contributed by atoms with Gasteiger partial charge in [-0.25, -0.2) is 13.4 Å². The van der Waals surface area contributed by atoms with Crippen LogP contribution in [0.2, 0.25) is 0 Å². The van der Waals surface area contributed by atoms with Crippen molar-refractivity contribution in [3.63, 3.8) is 0 Å². The zero-order valence-corrected chi connectivity index (χ0v) is 14.8. The molecule has 0 amide bonds. The minimum atomic E-state index is -2.95. The summed E-state index contributed by atoms with van der Waals surface area (Å²) in [5, 5.41) is 3.48. The highest BCUT2D eigenvalue weighted by Crippen LogP contribution is 2.30. The van der Waals surface area contributed by atoms with Gasteiger partial charge in [0.15, 0.2) is 0 Å². The molecule has 130 valence electrons. The molecule has 2 aliphatic rings. The Bertz CT molecular complexity index is 628. The van der Waals surface area contributed by atoms with Gasteiger partial charge in [-0.3, -0.25) is 0 Å². The third-order valence-electron chi connectivity index (χ3n) is 5.12. The Morgan fingerprint density at radius 2 is 2.13 bits per heavy atom. The van der Waals surface area contributed by atoms with Crippen LogP contribution < -0.4 is 5.32 Å². The van der Waals surface area contributed by atoms with Crippen molar-refractivity contribution in [1.29, 1.82) is 0 Å². The monoisotopic (exact) mass is 341 g/mol. The molecule has 3 rings (SSSR count). The van der Waals surface area contributed by atoms with Crippen LogP contribution in [0.4, 0.5) is 0 Å². The molecular formula is C16H27N3O3S. The van der Waals surface area contributed by atoms with E-state index in [4.69, 9.17) is 4.74 Å². The molecule has 1 aromatic heterocycles. The van der Waals surface area contributed by atoms with Gasteiger partial charge in [0.2, 0.25) is 0 Å². The topological polar surface area (TPSA) is 73.2 Å². The molecule has 6 nitrogen and oxygen atoms in total. The Balaban J connectivity index is 1.69. The highest BCUT2D eigenvalue weighted by molar-refractivity contribution is 7.91. The quantitative estimate of drug-likeness (QED) is 0.900. The maximum atomic E-state index is 11.9. The third-order valence-corrected chi connectivity index (χ3v) is 6.76. The van der Waals surface area contributed by atoms with Crippen LogP contribution in [-0.4, -0.2) is 48.2 Å². The van der Waals surface area contributed by atoms with Crippen LogP contribution in [0.1, 0.15) is 50.5 Å². The van der Waals surface area contributed by atoms with Gasteiger partial charge < -0.3 is 14.6 Å². The molecular weight excluding hydrogens is 314 g/mol. The first-order valence-corrected chi connectivity index (χ1v) is 10.4. The van der Waals surface area contributed by atoms with E-state index in [1.54, 1.807) is 6.20 Å². The van der Waals surface area contributed by atoms with Gasteiger partial charge in [-0.15, -0.1) is 0 Å². The van der Waals surface area contributed by atoms with Crippen LogP contribution in [0.25, 0.3) is 0 Å². The fourth-order valence-corrected chi connectivity index (χ4v) is 5.02. The van der Waals surface area contributed by atoms with Gasteiger partial charge in [0, 0.05) is 44.4 Å². The number of aryl methyl sites for hydroxylation is 1. The number of imidazole rings is 1. The summed E-state index contributed by atoms with van der Waals surface area (Å²) < 4.78 is 31.7. The lowest BCUT2D eigenvalue weighted by Gasteiger charge is -2.37. The molecule has 23 heavy (non-hydrogen) atoms. The van der Waals surface area contributed by atoms with Crippen LogP contribution in [0.3, 0.4) is 0 Å². The number of hydrogen-bond donors (Lipinski definition) is 1. The van der Waals surface area contributed by atoms with E-state index in [1.807, 2.05) is 17.8 Å². The van der Waals surface area contributed by atoms with Crippen LogP contribution in [0.15, 0.2) is 12.4 Å². The van der Waals surface area contributed by atoms with Gasteiger partial charge in [-0.2, -0.15) is 0 Å². The van der Waals surface area contributed by atoms with Gasteiger partial charge in [-0.05, 0) is 32.1 Å². The highest BCUT2D eigenvalue weighted by Gasteiger charge is 2.35. The predicted octanol–water partition coefficient (Wildman–Crippen LogP) is 1.59. The number of sulfone groups is 1. The first kappa shape index (κ1) is 16.9. The molecule has 0 radical (unpaired) electrons.